The summed E-state index contributed by atoms with van der Waals surface area (Å²) in [5.74, 6) is 0.254. The number of hydrogen-bond donors (Lipinski definition) is 2. The molecule has 7 nitrogen and oxygen atoms in total. The molecule has 2 heterocycles. The number of hydrogen-bond acceptors (Lipinski definition) is 5. The molecule has 0 amide bonds. The highest BCUT2D eigenvalue weighted by Crippen LogP contribution is 2.05. The minimum atomic E-state index is -0.523. The van der Waals surface area contributed by atoms with Crippen LogP contribution in [0.2, 0.25) is 0 Å². The Kier molecular flexibility index (Phi) is 2.90. The molecule has 18 heavy (non-hydrogen) atoms. The monoisotopic (exact) mass is 249 g/mol. The van der Waals surface area contributed by atoms with Gasteiger partial charge in [-0.3, -0.25) is 14.6 Å². The van der Waals surface area contributed by atoms with E-state index in [0.29, 0.717) is 12.1 Å². The standard InChI is InChI=1S/C11H15N5O2/c1-5(2)4-6-8(17)7-9(16(3)15-6)13-11(12)14-10(7)18/h5H,4H2,1-3H3,(H3,12,13,14,18). The van der Waals surface area contributed by atoms with E-state index in [1.54, 1.807) is 7.05 Å². The van der Waals surface area contributed by atoms with E-state index in [4.69, 9.17) is 5.73 Å². The van der Waals surface area contributed by atoms with Gasteiger partial charge in [0.05, 0.1) is 0 Å². The number of rotatable bonds is 2. The SMILES string of the molecule is CC(C)Cc1nn(C)c2nc(N)[nH]c(=O)c2c1=O. The number of aryl methyl sites for hydroxylation is 1. The predicted molar refractivity (Wildman–Crippen MR) is 68.4 cm³/mol. The molecular formula is C11H15N5O2. The van der Waals surface area contributed by atoms with E-state index in [1.807, 2.05) is 13.8 Å². The van der Waals surface area contributed by atoms with Gasteiger partial charge in [0.1, 0.15) is 11.1 Å². The summed E-state index contributed by atoms with van der Waals surface area (Å²) in [5, 5.41) is 4.17. The molecule has 3 N–H and O–H groups in total. The molecule has 0 atom stereocenters. The van der Waals surface area contributed by atoms with E-state index in [-0.39, 0.29) is 28.3 Å². The fourth-order valence-electron chi connectivity index (χ4n) is 1.86. The Morgan fingerprint density at radius 1 is 1.39 bits per heavy atom. The van der Waals surface area contributed by atoms with Crippen LogP contribution in [-0.2, 0) is 13.5 Å². The molecule has 2 aromatic rings. The predicted octanol–water partition coefficient (Wildman–Crippen LogP) is -0.203. The number of fused-ring (bicyclic) bond motifs is 1. The summed E-state index contributed by atoms with van der Waals surface area (Å²) in [6.07, 6.45) is 0.520. The van der Waals surface area contributed by atoms with Crippen LogP contribution in [0.3, 0.4) is 0 Å². The molecule has 0 saturated carbocycles. The van der Waals surface area contributed by atoms with Gasteiger partial charge in [0.25, 0.3) is 5.56 Å². The molecule has 0 aromatic carbocycles. The Hall–Kier alpha value is -2.18. The zero-order chi connectivity index (χ0) is 13.4. The van der Waals surface area contributed by atoms with Gasteiger partial charge >= 0.3 is 0 Å². The number of nitrogens with zero attached hydrogens (tertiary/aromatic N) is 3. The lowest BCUT2D eigenvalue weighted by molar-refractivity contribution is 0.607. The molecule has 0 bridgehead atoms. The number of nitrogens with two attached hydrogens (primary N) is 1. The van der Waals surface area contributed by atoms with Gasteiger partial charge in [0.2, 0.25) is 11.4 Å². The quantitative estimate of drug-likeness (QED) is 0.766. The van der Waals surface area contributed by atoms with Crippen molar-refractivity contribution >= 4 is 17.0 Å². The highest BCUT2D eigenvalue weighted by Gasteiger charge is 2.15. The molecule has 0 aliphatic rings. The maximum atomic E-state index is 12.2. The van der Waals surface area contributed by atoms with Gasteiger partial charge < -0.3 is 5.73 Å². The van der Waals surface area contributed by atoms with Crippen LogP contribution < -0.4 is 16.7 Å². The number of nitrogen functional groups attached to an aromatic ring is 1. The molecule has 7 heteroatoms. The van der Waals surface area contributed by atoms with Crippen molar-refractivity contribution in [2.45, 2.75) is 20.3 Å². The van der Waals surface area contributed by atoms with Crippen LogP contribution in [0.4, 0.5) is 5.95 Å². The first-order chi connectivity index (χ1) is 8.40. The molecule has 2 rings (SSSR count). The van der Waals surface area contributed by atoms with Gasteiger partial charge in [-0.15, -0.1) is 0 Å². The smallest absolute Gasteiger partial charge is 0.265 e. The normalized spacial score (nSPS) is 11.3. The first kappa shape index (κ1) is 12.3. The van der Waals surface area contributed by atoms with Crippen LogP contribution in [0, 0.1) is 5.92 Å². The highest BCUT2D eigenvalue weighted by atomic mass is 16.1. The lowest BCUT2D eigenvalue weighted by atomic mass is 10.1. The number of nitrogens with one attached hydrogen (secondary N) is 1. The third-order valence-corrected chi connectivity index (χ3v) is 2.59. The molecule has 0 aliphatic carbocycles. The molecule has 0 fully saturated rings. The van der Waals surface area contributed by atoms with Crippen molar-refractivity contribution in [3.8, 4) is 0 Å². The van der Waals surface area contributed by atoms with Gasteiger partial charge in [0.15, 0.2) is 5.65 Å². The molecule has 0 unspecified atom stereocenters. The summed E-state index contributed by atoms with van der Waals surface area (Å²) in [7, 11) is 1.64. The van der Waals surface area contributed by atoms with Crippen molar-refractivity contribution in [3.63, 3.8) is 0 Å². The largest absolute Gasteiger partial charge is 0.369 e. The van der Waals surface area contributed by atoms with Crippen LogP contribution in [0.15, 0.2) is 9.59 Å². The van der Waals surface area contributed by atoms with E-state index >= 15 is 0 Å². The van der Waals surface area contributed by atoms with Crippen LogP contribution in [0.5, 0.6) is 0 Å². The second kappa shape index (κ2) is 4.25. The average Bonchev–Trinajstić information content (AvgIpc) is 2.24. The van der Waals surface area contributed by atoms with Crippen molar-refractivity contribution in [1.29, 1.82) is 0 Å². The van der Waals surface area contributed by atoms with Crippen LogP contribution >= 0.6 is 0 Å². The summed E-state index contributed by atoms with van der Waals surface area (Å²) < 4.78 is 1.42. The third-order valence-electron chi connectivity index (χ3n) is 2.59. The van der Waals surface area contributed by atoms with E-state index in [1.165, 1.54) is 4.68 Å². The van der Waals surface area contributed by atoms with Crippen molar-refractivity contribution in [1.82, 2.24) is 19.7 Å². The van der Waals surface area contributed by atoms with Crippen LogP contribution in [0.1, 0.15) is 19.5 Å². The zero-order valence-corrected chi connectivity index (χ0v) is 10.5. The average molecular weight is 249 g/mol. The second-order valence-corrected chi connectivity index (χ2v) is 4.65. The molecule has 96 valence electrons. The lowest BCUT2D eigenvalue weighted by Gasteiger charge is -2.08. The molecular weight excluding hydrogens is 234 g/mol. The number of anilines is 1. The van der Waals surface area contributed by atoms with Crippen molar-refractivity contribution in [2.24, 2.45) is 13.0 Å². The maximum Gasteiger partial charge on any atom is 0.265 e. The van der Waals surface area contributed by atoms with Crippen molar-refractivity contribution in [3.05, 3.63) is 26.3 Å². The molecule has 0 saturated heterocycles. The van der Waals surface area contributed by atoms with Gasteiger partial charge in [-0.2, -0.15) is 10.1 Å². The molecule has 0 radical (unpaired) electrons. The Balaban J connectivity index is 2.86. The Morgan fingerprint density at radius 2 is 2.06 bits per heavy atom. The fourth-order valence-corrected chi connectivity index (χ4v) is 1.86. The molecule has 0 spiro atoms. The van der Waals surface area contributed by atoms with Gasteiger partial charge in [-0.1, -0.05) is 13.8 Å². The van der Waals surface area contributed by atoms with E-state index in [2.05, 4.69) is 15.1 Å². The summed E-state index contributed by atoms with van der Waals surface area (Å²) in [4.78, 5) is 30.2. The number of aromatic amines is 1. The second-order valence-electron chi connectivity index (χ2n) is 4.65. The molecule has 2 aromatic heterocycles. The molecule has 0 aliphatic heterocycles. The maximum absolute atomic E-state index is 12.2. The highest BCUT2D eigenvalue weighted by molar-refractivity contribution is 5.74. The van der Waals surface area contributed by atoms with E-state index in [9.17, 15) is 9.59 Å². The summed E-state index contributed by atoms with van der Waals surface area (Å²) in [6.45, 7) is 3.97. The Bertz CT molecular complexity index is 714. The van der Waals surface area contributed by atoms with Crippen LogP contribution in [-0.4, -0.2) is 19.7 Å². The summed E-state index contributed by atoms with van der Waals surface area (Å²) in [6, 6.07) is 0. The first-order valence-corrected chi connectivity index (χ1v) is 5.66. The van der Waals surface area contributed by atoms with Crippen LogP contribution in [0.25, 0.3) is 11.0 Å². The summed E-state index contributed by atoms with van der Waals surface area (Å²) in [5.41, 5.74) is 5.13. The van der Waals surface area contributed by atoms with E-state index in [0.717, 1.165) is 0 Å². The lowest BCUT2D eigenvalue weighted by Crippen LogP contribution is -2.27. The topological polar surface area (TPSA) is 107 Å². The Labute approximate surface area is 103 Å². The third kappa shape index (κ3) is 1.99. The van der Waals surface area contributed by atoms with Gasteiger partial charge in [0, 0.05) is 7.05 Å². The minimum Gasteiger partial charge on any atom is -0.369 e. The Morgan fingerprint density at radius 3 is 2.67 bits per heavy atom. The van der Waals surface area contributed by atoms with E-state index < -0.39 is 5.56 Å². The first-order valence-electron chi connectivity index (χ1n) is 5.66. The van der Waals surface area contributed by atoms with Gasteiger partial charge in [-0.25, -0.2) is 4.68 Å². The minimum absolute atomic E-state index is 0.0114. The van der Waals surface area contributed by atoms with Crippen molar-refractivity contribution < 1.29 is 0 Å². The number of H-pyrrole nitrogens is 1. The van der Waals surface area contributed by atoms with Crippen molar-refractivity contribution in [2.75, 3.05) is 5.73 Å². The fraction of sp³-hybridized carbons (Fsp3) is 0.455. The zero-order valence-electron chi connectivity index (χ0n) is 10.5. The summed E-state index contributed by atoms with van der Waals surface area (Å²) >= 11 is 0. The number of aromatic nitrogens is 4. The van der Waals surface area contributed by atoms with Gasteiger partial charge in [-0.05, 0) is 12.3 Å².